The molecule has 1 heterocycles. The average molecular weight is 347 g/mol. The van der Waals surface area contributed by atoms with E-state index in [4.69, 9.17) is 0 Å². The number of nitrogens with zero attached hydrogens (tertiary/aromatic N) is 4. The molecule has 0 aliphatic rings. The van der Waals surface area contributed by atoms with Gasteiger partial charge in [-0.05, 0) is 38.2 Å². The van der Waals surface area contributed by atoms with E-state index in [1.165, 1.54) is 10.5 Å². The minimum atomic E-state index is -0.172. The van der Waals surface area contributed by atoms with Gasteiger partial charge in [-0.15, -0.1) is 22.0 Å². The molecule has 7 heteroatoms. The van der Waals surface area contributed by atoms with E-state index in [1.54, 1.807) is 11.2 Å². The lowest BCUT2D eigenvalue weighted by molar-refractivity contribution is 0.205. The summed E-state index contributed by atoms with van der Waals surface area (Å²) in [6.45, 7) is 4.71. The van der Waals surface area contributed by atoms with E-state index < -0.39 is 0 Å². The van der Waals surface area contributed by atoms with Crippen molar-refractivity contribution < 1.29 is 4.79 Å². The Morgan fingerprint density at radius 3 is 2.71 bits per heavy atom. The summed E-state index contributed by atoms with van der Waals surface area (Å²) in [6.07, 6.45) is 2.57. The number of carbonyl (C=O) groups is 1. The molecule has 0 unspecified atom stereocenters. The lowest BCUT2D eigenvalue weighted by atomic mass is 10.2. The van der Waals surface area contributed by atoms with Crippen molar-refractivity contribution in [1.29, 1.82) is 0 Å². The van der Waals surface area contributed by atoms with E-state index in [0.29, 0.717) is 0 Å². The molecule has 0 bridgehead atoms. The molecule has 24 heavy (non-hydrogen) atoms. The van der Waals surface area contributed by atoms with Crippen molar-refractivity contribution in [2.24, 2.45) is 7.05 Å². The molecule has 0 fully saturated rings. The highest BCUT2D eigenvalue weighted by molar-refractivity contribution is 7.99. The molecule has 1 atom stereocenters. The third kappa shape index (κ3) is 5.26. The molecule has 1 aromatic carbocycles. The van der Waals surface area contributed by atoms with Crippen LogP contribution in [0.5, 0.6) is 0 Å². The second-order valence-corrected chi connectivity index (χ2v) is 7.08. The average Bonchev–Trinajstić information content (AvgIpc) is 2.99. The Labute approximate surface area is 147 Å². The van der Waals surface area contributed by atoms with Crippen LogP contribution in [-0.2, 0) is 7.05 Å². The van der Waals surface area contributed by atoms with Gasteiger partial charge in [-0.3, -0.25) is 0 Å². The van der Waals surface area contributed by atoms with Gasteiger partial charge in [-0.2, -0.15) is 0 Å². The SMILES string of the molecule is Cc1ccc(SCCCN(C)C(=O)N[C@@H](C)c2nncn2C)cc1. The minimum Gasteiger partial charge on any atom is -0.328 e. The Balaban J connectivity index is 1.70. The van der Waals surface area contributed by atoms with E-state index >= 15 is 0 Å². The maximum Gasteiger partial charge on any atom is 0.317 e. The summed E-state index contributed by atoms with van der Waals surface area (Å²) >= 11 is 1.82. The smallest absolute Gasteiger partial charge is 0.317 e. The molecule has 1 N–H and O–H groups in total. The Morgan fingerprint density at radius 1 is 1.38 bits per heavy atom. The first-order chi connectivity index (χ1) is 11.5. The molecule has 130 valence electrons. The second-order valence-electron chi connectivity index (χ2n) is 5.91. The third-order valence-corrected chi connectivity index (χ3v) is 4.85. The molecule has 2 rings (SSSR count). The normalized spacial score (nSPS) is 12.0. The van der Waals surface area contributed by atoms with Crippen molar-refractivity contribution >= 4 is 17.8 Å². The molecule has 1 aromatic heterocycles. The van der Waals surface area contributed by atoms with E-state index in [-0.39, 0.29) is 12.1 Å². The van der Waals surface area contributed by atoms with E-state index in [2.05, 4.69) is 46.7 Å². The Bertz CT molecular complexity index is 655. The first-order valence-corrected chi connectivity index (χ1v) is 9.01. The van der Waals surface area contributed by atoms with Gasteiger partial charge in [-0.25, -0.2) is 4.79 Å². The number of urea groups is 1. The summed E-state index contributed by atoms with van der Waals surface area (Å²) in [4.78, 5) is 15.2. The summed E-state index contributed by atoms with van der Waals surface area (Å²) in [5.41, 5.74) is 1.27. The van der Waals surface area contributed by atoms with Gasteiger partial charge in [0.15, 0.2) is 5.82 Å². The molecule has 6 nitrogen and oxygen atoms in total. The fourth-order valence-electron chi connectivity index (χ4n) is 2.27. The third-order valence-electron chi connectivity index (χ3n) is 3.75. The highest BCUT2D eigenvalue weighted by atomic mass is 32.2. The Hall–Kier alpha value is -2.02. The molecular formula is C17H25N5OS. The number of carbonyl (C=O) groups excluding carboxylic acids is 1. The van der Waals surface area contributed by atoms with Crippen molar-refractivity contribution in [3.05, 3.63) is 42.0 Å². The minimum absolute atomic E-state index is 0.0918. The van der Waals surface area contributed by atoms with Gasteiger partial charge in [-0.1, -0.05) is 17.7 Å². The molecule has 0 saturated heterocycles. The summed E-state index contributed by atoms with van der Waals surface area (Å²) in [5.74, 6) is 1.73. The van der Waals surface area contributed by atoms with Crippen LogP contribution in [0.3, 0.4) is 0 Å². The Morgan fingerprint density at radius 2 is 2.08 bits per heavy atom. The van der Waals surface area contributed by atoms with Crippen molar-refractivity contribution in [3.63, 3.8) is 0 Å². The van der Waals surface area contributed by atoms with Crippen LogP contribution in [0.4, 0.5) is 4.79 Å². The summed E-state index contributed by atoms with van der Waals surface area (Å²) in [7, 11) is 3.68. The lowest BCUT2D eigenvalue weighted by Crippen LogP contribution is -2.39. The van der Waals surface area contributed by atoms with Crippen LogP contribution in [0, 0.1) is 6.92 Å². The number of hydrogen-bond donors (Lipinski definition) is 1. The number of aryl methyl sites for hydroxylation is 2. The zero-order valence-electron chi connectivity index (χ0n) is 14.7. The molecule has 0 aliphatic carbocycles. The number of amides is 2. The molecule has 0 radical (unpaired) electrons. The van der Waals surface area contributed by atoms with Crippen molar-refractivity contribution in [3.8, 4) is 0 Å². The first-order valence-electron chi connectivity index (χ1n) is 8.02. The van der Waals surface area contributed by atoms with Crippen LogP contribution in [0.1, 0.15) is 30.8 Å². The predicted octanol–water partition coefficient (Wildman–Crippen LogP) is 3.01. The summed E-state index contributed by atoms with van der Waals surface area (Å²) in [6, 6.07) is 8.25. The van der Waals surface area contributed by atoms with Crippen LogP contribution < -0.4 is 5.32 Å². The zero-order valence-corrected chi connectivity index (χ0v) is 15.5. The van der Waals surface area contributed by atoms with Gasteiger partial charge in [0.25, 0.3) is 0 Å². The van der Waals surface area contributed by atoms with Gasteiger partial charge >= 0.3 is 6.03 Å². The largest absolute Gasteiger partial charge is 0.328 e. The maximum atomic E-state index is 12.2. The van der Waals surface area contributed by atoms with Gasteiger partial charge < -0.3 is 14.8 Å². The maximum absolute atomic E-state index is 12.2. The summed E-state index contributed by atoms with van der Waals surface area (Å²) < 4.78 is 1.81. The van der Waals surface area contributed by atoms with Gasteiger partial charge in [0.1, 0.15) is 6.33 Å². The zero-order chi connectivity index (χ0) is 17.5. The fourth-order valence-corrected chi connectivity index (χ4v) is 3.11. The van der Waals surface area contributed by atoms with Gasteiger partial charge in [0, 0.05) is 25.5 Å². The molecule has 2 aromatic rings. The van der Waals surface area contributed by atoms with E-state index in [1.807, 2.05) is 37.3 Å². The van der Waals surface area contributed by atoms with Crippen LogP contribution in [0.15, 0.2) is 35.5 Å². The fraction of sp³-hybridized carbons (Fsp3) is 0.471. The standard InChI is InChI=1S/C17H25N5OS/c1-13-6-8-15(9-7-13)24-11-5-10-21(3)17(23)19-14(2)16-20-18-12-22(16)4/h6-9,12,14H,5,10-11H2,1-4H3,(H,19,23)/t14-/m0/s1. The number of benzene rings is 1. The first kappa shape index (κ1) is 18.3. The van der Waals surface area contributed by atoms with E-state index in [9.17, 15) is 4.79 Å². The van der Waals surface area contributed by atoms with Crippen LogP contribution in [-0.4, -0.2) is 45.0 Å². The van der Waals surface area contributed by atoms with Crippen molar-refractivity contribution in [2.45, 2.75) is 31.2 Å². The molecule has 0 aliphatic heterocycles. The van der Waals surface area contributed by atoms with Crippen molar-refractivity contribution in [2.75, 3.05) is 19.3 Å². The van der Waals surface area contributed by atoms with Gasteiger partial charge in [0.05, 0.1) is 6.04 Å². The topological polar surface area (TPSA) is 63.1 Å². The molecule has 2 amide bonds. The predicted molar refractivity (Wildman–Crippen MR) is 97.1 cm³/mol. The Kier molecular flexibility index (Phi) is 6.66. The quantitative estimate of drug-likeness (QED) is 0.618. The van der Waals surface area contributed by atoms with Crippen LogP contribution >= 0.6 is 11.8 Å². The monoisotopic (exact) mass is 347 g/mol. The molecule has 0 saturated carbocycles. The highest BCUT2D eigenvalue weighted by Crippen LogP contribution is 2.19. The molecular weight excluding hydrogens is 322 g/mol. The second kappa shape index (κ2) is 8.73. The van der Waals surface area contributed by atoms with Gasteiger partial charge in [0.2, 0.25) is 0 Å². The van der Waals surface area contributed by atoms with E-state index in [0.717, 1.165) is 24.5 Å². The number of aromatic nitrogens is 3. The lowest BCUT2D eigenvalue weighted by Gasteiger charge is -2.20. The highest BCUT2D eigenvalue weighted by Gasteiger charge is 2.16. The summed E-state index contributed by atoms with van der Waals surface area (Å²) in [5, 5.41) is 10.8. The molecule has 0 spiro atoms. The number of nitrogens with one attached hydrogen (secondary N) is 1. The number of rotatable bonds is 7. The van der Waals surface area contributed by atoms with Crippen LogP contribution in [0.2, 0.25) is 0 Å². The van der Waals surface area contributed by atoms with Crippen molar-refractivity contribution in [1.82, 2.24) is 25.0 Å². The number of thioether (sulfide) groups is 1. The number of hydrogen-bond acceptors (Lipinski definition) is 4. The van der Waals surface area contributed by atoms with Crippen LogP contribution in [0.25, 0.3) is 0 Å².